The van der Waals surface area contributed by atoms with E-state index in [1.165, 1.54) is 0 Å². The van der Waals surface area contributed by atoms with Gasteiger partial charge in [-0.2, -0.15) is 0 Å². The number of hydrogen-bond donors (Lipinski definition) is 3. The van der Waals surface area contributed by atoms with Crippen LogP contribution in [0.2, 0.25) is 0 Å². The van der Waals surface area contributed by atoms with E-state index in [2.05, 4.69) is 5.32 Å². The fraction of sp³-hybridized carbons (Fsp3) is 0.833. The van der Waals surface area contributed by atoms with Gasteiger partial charge in [-0.15, -0.1) is 0 Å². The van der Waals surface area contributed by atoms with E-state index in [-0.39, 0.29) is 0 Å². The maximum Gasteiger partial charge on any atom is 0.404 e. The van der Waals surface area contributed by atoms with Crippen LogP contribution < -0.4 is 5.32 Å². The zero-order chi connectivity index (χ0) is 8.36. The Kier molecular flexibility index (Phi) is 2.65. The molecular formula is C6H13NO3. The molecule has 3 N–H and O–H groups in total. The van der Waals surface area contributed by atoms with E-state index < -0.39 is 17.7 Å². The Hall–Kier alpha value is -0.770. The highest BCUT2D eigenvalue weighted by atomic mass is 16.4. The molecule has 0 heterocycles. The fourth-order valence-electron chi connectivity index (χ4n) is 0.362. The summed E-state index contributed by atoms with van der Waals surface area (Å²) in [7, 11) is 0. The van der Waals surface area contributed by atoms with Crippen LogP contribution in [0.4, 0.5) is 4.79 Å². The first-order valence-corrected chi connectivity index (χ1v) is 3.06. The monoisotopic (exact) mass is 147 g/mol. The van der Waals surface area contributed by atoms with Crippen LogP contribution in [0.5, 0.6) is 0 Å². The van der Waals surface area contributed by atoms with Crippen molar-refractivity contribution in [3.8, 4) is 0 Å². The summed E-state index contributed by atoms with van der Waals surface area (Å²) in [6.45, 7) is 4.70. The van der Waals surface area contributed by atoms with Crippen molar-refractivity contribution in [3.63, 3.8) is 0 Å². The van der Waals surface area contributed by atoms with Gasteiger partial charge in [0.05, 0.1) is 11.6 Å². The number of amides is 1. The van der Waals surface area contributed by atoms with E-state index in [4.69, 9.17) is 5.11 Å². The summed E-state index contributed by atoms with van der Waals surface area (Å²) in [5, 5.41) is 19.6. The minimum atomic E-state index is -1.12. The highest BCUT2D eigenvalue weighted by molar-refractivity contribution is 5.64. The molecule has 1 atom stereocenters. The Bertz CT molecular complexity index is 127. The smallest absolute Gasteiger partial charge is 0.404 e. The van der Waals surface area contributed by atoms with Gasteiger partial charge in [0, 0.05) is 0 Å². The number of nitrogens with one attached hydrogen (secondary N) is 1. The highest BCUT2D eigenvalue weighted by Crippen LogP contribution is 2.06. The van der Waals surface area contributed by atoms with Gasteiger partial charge in [-0.05, 0) is 20.8 Å². The Labute approximate surface area is 59.9 Å². The van der Waals surface area contributed by atoms with Gasteiger partial charge in [0.1, 0.15) is 0 Å². The number of carbonyl (C=O) groups is 1. The van der Waals surface area contributed by atoms with Crippen molar-refractivity contribution < 1.29 is 15.0 Å². The van der Waals surface area contributed by atoms with E-state index in [9.17, 15) is 9.90 Å². The molecule has 0 aromatic heterocycles. The molecule has 0 aliphatic rings. The van der Waals surface area contributed by atoms with Gasteiger partial charge < -0.3 is 15.5 Å². The van der Waals surface area contributed by atoms with Crippen LogP contribution in [0.1, 0.15) is 20.8 Å². The van der Waals surface area contributed by atoms with E-state index >= 15 is 0 Å². The average Bonchev–Trinajstić information content (AvgIpc) is 1.60. The molecule has 0 fully saturated rings. The number of hydrogen-bond acceptors (Lipinski definition) is 2. The largest absolute Gasteiger partial charge is 0.465 e. The molecule has 0 aromatic rings. The molecular weight excluding hydrogens is 134 g/mol. The third-order valence-electron chi connectivity index (χ3n) is 1.40. The van der Waals surface area contributed by atoms with E-state index in [0.29, 0.717) is 0 Å². The van der Waals surface area contributed by atoms with Gasteiger partial charge in [-0.1, -0.05) is 0 Å². The lowest BCUT2D eigenvalue weighted by molar-refractivity contribution is 0.0443. The van der Waals surface area contributed by atoms with Gasteiger partial charge in [0.2, 0.25) is 0 Å². The summed E-state index contributed by atoms with van der Waals surface area (Å²) >= 11 is 0. The summed E-state index contributed by atoms with van der Waals surface area (Å²) in [5.74, 6) is 0. The third kappa shape index (κ3) is 3.29. The van der Waals surface area contributed by atoms with Crippen molar-refractivity contribution in [3.05, 3.63) is 0 Å². The van der Waals surface area contributed by atoms with Gasteiger partial charge in [0.15, 0.2) is 0 Å². The Balaban J connectivity index is 3.85. The Morgan fingerprint density at radius 3 is 2.10 bits per heavy atom. The van der Waals surface area contributed by atoms with Crippen molar-refractivity contribution in [2.24, 2.45) is 0 Å². The van der Waals surface area contributed by atoms with Crippen LogP contribution in [-0.2, 0) is 0 Å². The van der Waals surface area contributed by atoms with Crippen LogP contribution >= 0.6 is 0 Å². The molecule has 1 amide bonds. The van der Waals surface area contributed by atoms with Gasteiger partial charge in [-0.3, -0.25) is 0 Å². The second kappa shape index (κ2) is 2.88. The molecule has 0 aliphatic carbocycles. The number of carboxylic acid groups (broad SMARTS) is 1. The van der Waals surface area contributed by atoms with Crippen LogP contribution in [-0.4, -0.2) is 27.9 Å². The molecule has 0 aliphatic heterocycles. The third-order valence-corrected chi connectivity index (χ3v) is 1.40. The fourth-order valence-corrected chi connectivity index (χ4v) is 0.362. The Morgan fingerprint density at radius 1 is 1.60 bits per heavy atom. The first kappa shape index (κ1) is 9.23. The standard InChI is InChI=1S/C6H13NO3/c1-4(6(2,3)10)7-5(8)9/h4,7,10H,1-3H3,(H,8,9). The summed E-state index contributed by atoms with van der Waals surface area (Å²) in [5.41, 5.74) is -1.00. The predicted molar refractivity (Wildman–Crippen MR) is 36.9 cm³/mol. The topological polar surface area (TPSA) is 69.6 Å². The van der Waals surface area contributed by atoms with Crippen LogP contribution in [0.25, 0.3) is 0 Å². The second-order valence-electron chi connectivity index (χ2n) is 2.82. The first-order chi connectivity index (χ1) is 4.34. The summed E-state index contributed by atoms with van der Waals surface area (Å²) < 4.78 is 0. The summed E-state index contributed by atoms with van der Waals surface area (Å²) in [6, 6.07) is -0.454. The lowest BCUT2D eigenvalue weighted by atomic mass is 10.0. The molecule has 4 nitrogen and oxygen atoms in total. The molecule has 0 rings (SSSR count). The number of aliphatic hydroxyl groups is 1. The molecule has 0 saturated heterocycles. The molecule has 0 aromatic carbocycles. The molecule has 4 heteroatoms. The van der Waals surface area contributed by atoms with E-state index in [0.717, 1.165) is 0 Å². The van der Waals surface area contributed by atoms with Gasteiger partial charge >= 0.3 is 6.09 Å². The van der Waals surface area contributed by atoms with Gasteiger partial charge in [-0.25, -0.2) is 4.79 Å². The van der Waals surface area contributed by atoms with E-state index in [1.54, 1.807) is 20.8 Å². The second-order valence-corrected chi connectivity index (χ2v) is 2.82. The number of rotatable bonds is 2. The van der Waals surface area contributed by atoms with Crippen LogP contribution in [0, 0.1) is 0 Å². The molecule has 0 radical (unpaired) electrons. The molecule has 10 heavy (non-hydrogen) atoms. The zero-order valence-electron chi connectivity index (χ0n) is 6.38. The highest BCUT2D eigenvalue weighted by Gasteiger charge is 2.23. The molecule has 0 spiro atoms. The van der Waals surface area contributed by atoms with Crippen molar-refractivity contribution in [2.45, 2.75) is 32.4 Å². The predicted octanol–water partition coefficient (Wildman–Crippen LogP) is 0.413. The lowest BCUT2D eigenvalue weighted by Gasteiger charge is -2.25. The molecule has 1 unspecified atom stereocenters. The zero-order valence-corrected chi connectivity index (χ0v) is 6.38. The first-order valence-electron chi connectivity index (χ1n) is 3.06. The van der Waals surface area contributed by atoms with Crippen LogP contribution in [0.15, 0.2) is 0 Å². The average molecular weight is 147 g/mol. The van der Waals surface area contributed by atoms with Crippen molar-refractivity contribution >= 4 is 6.09 Å². The Morgan fingerprint density at radius 2 is 2.00 bits per heavy atom. The minimum absolute atomic E-state index is 0.454. The summed E-state index contributed by atoms with van der Waals surface area (Å²) in [4.78, 5) is 10.0. The molecule has 0 saturated carbocycles. The van der Waals surface area contributed by atoms with Gasteiger partial charge in [0.25, 0.3) is 0 Å². The van der Waals surface area contributed by atoms with Crippen molar-refractivity contribution in [2.75, 3.05) is 0 Å². The lowest BCUT2D eigenvalue weighted by Crippen LogP contribution is -2.46. The maximum atomic E-state index is 10.0. The SMILES string of the molecule is CC(NC(=O)O)C(C)(C)O. The van der Waals surface area contributed by atoms with Crippen LogP contribution in [0.3, 0.4) is 0 Å². The van der Waals surface area contributed by atoms with Crippen molar-refractivity contribution in [1.29, 1.82) is 0 Å². The quantitative estimate of drug-likeness (QED) is 0.530. The minimum Gasteiger partial charge on any atom is -0.465 e. The summed E-state index contributed by atoms with van der Waals surface area (Å²) in [6.07, 6.45) is -1.12. The normalized spacial score (nSPS) is 14.4. The molecule has 0 bridgehead atoms. The molecule has 60 valence electrons. The van der Waals surface area contributed by atoms with Crippen molar-refractivity contribution in [1.82, 2.24) is 5.32 Å². The maximum absolute atomic E-state index is 10.0. The van der Waals surface area contributed by atoms with E-state index in [1.807, 2.05) is 0 Å².